The molecule has 158 valence electrons. The number of hydrogen-bond donors (Lipinski definition) is 2. The number of rotatable bonds is 6. The van der Waals surface area contributed by atoms with Gasteiger partial charge in [-0.05, 0) is 55.0 Å². The molecule has 1 heterocycles. The molecule has 8 nitrogen and oxygen atoms in total. The van der Waals surface area contributed by atoms with Crippen molar-refractivity contribution < 1.29 is 14.5 Å². The minimum absolute atomic E-state index is 0.00627. The molecule has 0 atom stereocenters. The lowest BCUT2D eigenvalue weighted by atomic mass is 10.1. The zero-order valence-corrected chi connectivity index (χ0v) is 17.8. The molecule has 0 unspecified atom stereocenters. The van der Waals surface area contributed by atoms with Crippen molar-refractivity contribution in [3.05, 3.63) is 62.0 Å². The number of hydrazine groups is 1. The fourth-order valence-corrected chi connectivity index (χ4v) is 4.65. The summed E-state index contributed by atoms with van der Waals surface area (Å²) < 4.78 is 0. The SMILES string of the molecule is CN(C)NC(=O)c1c(NC(=O)C=Cc2ccc([N+](=O)[O-])cc2)sc2c1CCCCC2. The van der Waals surface area contributed by atoms with Gasteiger partial charge < -0.3 is 5.32 Å². The number of non-ortho nitro benzene ring substituents is 1. The van der Waals surface area contributed by atoms with E-state index in [4.69, 9.17) is 0 Å². The van der Waals surface area contributed by atoms with Crippen molar-refractivity contribution in [3.63, 3.8) is 0 Å². The highest BCUT2D eigenvalue weighted by Gasteiger charge is 2.25. The molecular formula is C21H24N4O4S. The van der Waals surface area contributed by atoms with Crippen LogP contribution in [0.1, 0.15) is 45.6 Å². The molecule has 3 rings (SSSR count). The maximum Gasteiger partial charge on any atom is 0.269 e. The van der Waals surface area contributed by atoms with Crippen LogP contribution < -0.4 is 10.7 Å². The van der Waals surface area contributed by atoms with E-state index >= 15 is 0 Å². The van der Waals surface area contributed by atoms with E-state index < -0.39 is 4.92 Å². The van der Waals surface area contributed by atoms with Crippen molar-refractivity contribution in [1.82, 2.24) is 10.4 Å². The van der Waals surface area contributed by atoms with E-state index in [0.29, 0.717) is 16.1 Å². The Hall–Kier alpha value is -3.04. The number of nitrogens with zero attached hydrogens (tertiary/aromatic N) is 2. The summed E-state index contributed by atoms with van der Waals surface area (Å²) in [6.07, 6.45) is 7.93. The average Bonchev–Trinajstić information content (AvgIpc) is 2.86. The molecule has 9 heteroatoms. The largest absolute Gasteiger partial charge is 0.313 e. The van der Waals surface area contributed by atoms with Crippen molar-refractivity contribution >= 4 is 39.9 Å². The number of aryl methyl sites for hydroxylation is 1. The number of benzene rings is 1. The van der Waals surface area contributed by atoms with E-state index in [2.05, 4.69) is 10.7 Å². The second kappa shape index (κ2) is 9.64. The third-order valence-electron chi connectivity index (χ3n) is 4.74. The summed E-state index contributed by atoms with van der Waals surface area (Å²) in [5.74, 6) is -0.585. The minimum atomic E-state index is -0.471. The molecular weight excluding hydrogens is 404 g/mol. The van der Waals surface area contributed by atoms with Crippen LogP contribution in [-0.2, 0) is 17.6 Å². The molecule has 2 aromatic rings. The fourth-order valence-electron chi connectivity index (χ4n) is 3.36. The molecule has 0 aliphatic heterocycles. The minimum Gasteiger partial charge on any atom is -0.313 e. The lowest BCUT2D eigenvalue weighted by Gasteiger charge is -2.14. The molecule has 1 aromatic carbocycles. The molecule has 0 spiro atoms. The summed E-state index contributed by atoms with van der Waals surface area (Å²) in [5, 5.41) is 15.7. The Morgan fingerprint density at radius 2 is 1.83 bits per heavy atom. The van der Waals surface area contributed by atoms with Crippen molar-refractivity contribution in [1.29, 1.82) is 0 Å². The molecule has 2 N–H and O–H groups in total. The smallest absolute Gasteiger partial charge is 0.269 e. The van der Waals surface area contributed by atoms with Crippen LogP contribution in [0.3, 0.4) is 0 Å². The van der Waals surface area contributed by atoms with Crippen LogP contribution in [0.25, 0.3) is 6.08 Å². The Balaban J connectivity index is 1.80. The number of amides is 2. The monoisotopic (exact) mass is 428 g/mol. The van der Waals surface area contributed by atoms with Gasteiger partial charge in [0.2, 0.25) is 5.91 Å². The van der Waals surface area contributed by atoms with Crippen LogP contribution in [-0.4, -0.2) is 35.8 Å². The molecule has 0 radical (unpaired) electrons. The molecule has 0 fully saturated rings. The summed E-state index contributed by atoms with van der Waals surface area (Å²) in [5.41, 5.74) is 5.02. The number of nitrogens with one attached hydrogen (secondary N) is 2. The van der Waals surface area contributed by atoms with Gasteiger partial charge in [-0.3, -0.25) is 25.1 Å². The van der Waals surface area contributed by atoms with Crippen LogP contribution in [0.2, 0.25) is 0 Å². The second-order valence-corrected chi connectivity index (χ2v) is 8.38. The molecule has 0 saturated carbocycles. The highest BCUT2D eigenvalue weighted by molar-refractivity contribution is 7.17. The summed E-state index contributed by atoms with van der Waals surface area (Å²) in [6.45, 7) is 0. The molecule has 1 aliphatic rings. The van der Waals surface area contributed by atoms with E-state index in [-0.39, 0.29) is 17.5 Å². The van der Waals surface area contributed by atoms with Crippen LogP contribution in [0.4, 0.5) is 10.7 Å². The number of fused-ring (bicyclic) bond motifs is 1. The quantitative estimate of drug-likeness (QED) is 0.315. The predicted octanol–water partition coefficient (Wildman–Crippen LogP) is 3.78. The van der Waals surface area contributed by atoms with Gasteiger partial charge in [-0.1, -0.05) is 6.42 Å². The molecule has 30 heavy (non-hydrogen) atoms. The molecule has 2 amide bonds. The Kier molecular flexibility index (Phi) is 6.96. The molecule has 1 aliphatic carbocycles. The van der Waals surface area contributed by atoms with E-state index in [1.54, 1.807) is 37.3 Å². The Morgan fingerprint density at radius 1 is 1.13 bits per heavy atom. The number of nitro benzene ring substituents is 1. The lowest BCUT2D eigenvalue weighted by Crippen LogP contribution is -2.36. The van der Waals surface area contributed by atoms with Gasteiger partial charge in [0.15, 0.2) is 0 Å². The first-order chi connectivity index (χ1) is 14.3. The number of nitro groups is 1. The predicted molar refractivity (Wildman–Crippen MR) is 117 cm³/mol. The lowest BCUT2D eigenvalue weighted by molar-refractivity contribution is -0.384. The standard InChI is InChI=1S/C21H24N4O4S/c1-24(2)23-20(27)19-16-6-4-3-5-7-17(16)30-21(19)22-18(26)13-10-14-8-11-15(12-9-14)25(28)29/h8-13H,3-7H2,1-2H3,(H,22,26)(H,23,27). The van der Waals surface area contributed by atoms with Crippen LogP contribution in [0.15, 0.2) is 30.3 Å². The van der Waals surface area contributed by atoms with E-state index in [0.717, 1.165) is 42.5 Å². The van der Waals surface area contributed by atoms with Crippen LogP contribution in [0, 0.1) is 10.1 Å². The fraction of sp³-hybridized carbons (Fsp3) is 0.333. The highest BCUT2D eigenvalue weighted by Crippen LogP contribution is 2.37. The van der Waals surface area contributed by atoms with Gasteiger partial charge in [-0.15, -0.1) is 11.3 Å². The van der Waals surface area contributed by atoms with Crippen molar-refractivity contribution in [3.8, 4) is 0 Å². The molecule has 1 aromatic heterocycles. The molecule has 0 bridgehead atoms. The van der Waals surface area contributed by atoms with E-state index in [9.17, 15) is 19.7 Å². The first kappa shape index (κ1) is 21.7. The Morgan fingerprint density at radius 3 is 2.50 bits per heavy atom. The van der Waals surface area contributed by atoms with Gasteiger partial charge in [0, 0.05) is 37.2 Å². The van der Waals surface area contributed by atoms with Gasteiger partial charge in [-0.2, -0.15) is 0 Å². The van der Waals surface area contributed by atoms with Gasteiger partial charge in [0.05, 0.1) is 10.5 Å². The number of carbonyl (C=O) groups excluding carboxylic acids is 2. The average molecular weight is 429 g/mol. The third-order valence-corrected chi connectivity index (χ3v) is 5.95. The number of carbonyl (C=O) groups is 2. The van der Waals surface area contributed by atoms with Crippen LogP contribution in [0.5, 0.6) is 0 Å². The van der Waals surface area contributed by atoms with Crippen molar-refractivity contribution in [2.75, 3.05) is 19.4 Å². The maximum absolute atomic E-state index is 12.8. The maximum atomic E-state index is 12.8. The highest BCUT2D eigenvalue weighted by atomic mass is 32.1. The number of hydrogen-bond acceptors (Lipinski definition) is 6. The normalized spacial score (nSPS) is 13.7. The first-order valence-corrected chi connectivity index (χ1v) is 10.5. The Labute approximate surface area is 178 Å². The van der Waals surface area contributed by atoms with Crippen LogP contribution >= 0.6 is 11.3 Å². The van der Waals surface area contributed by atoms with Gasteiger partial charge >= 0.3 is 0 Å². The zero-order valence-electron chi connectivity index (χ0n) is 16.9. The number of anilines is 1. The van der Waals surface area contributed by atoms with Crippen molar-refractivity contribution in [2.24, 2.45) is 0 Å². The van der Waals surface area contributed by atoms with Gasteiger partial charge in [0.25, 0.3) is 11.6 Å². The first-order valence-electron chi connectivity index (χ1n) is 9.71. The Bertz CT molecular complexity index is 980. The molecule has 0 saturated heterocycles. The topological polar surface area (TPSA) is 105 Å². The summed E-state index contributed by atoms with van der Waals surface area (Å²) >= 11 is 1.47. The van der Waals surface area contributed by atoms with E-state index in [1.165, 1.54) is 29.5 Å². The number of thiophene rings is 1. The third kappa shape index (κ3) is 5.31. The van der Waals surface area contributed by atoms with Crippen molar-refractivity contribution in [2.45, 2.75) is 32.1 Å². The summed E-state index contributed by atoms with van der Waals surface area (Å²) in [4.78, 5) is 36.7. The van der Waals surface area contributed by atoms with Gasteiger partial charge in [0.1, 0.15) is 5.00 Å². The summed E-state index contributed by atoms with van der Waals surface area (Å²) in [7, 11) is 3.49. The van der Waals surface area contributed by atoms with Gasteiger partial charge in [-0.25, -0.2) is 5.01 Å². The summed E-state index contributed by atoms with van der Waals surface area (Å²) in [6, 6.07) is 5.92. The van der Waals surface area contributed by atoms with E-state index in [1.807, 2.05) is 0 Å². The second-order valence-electron chi connectivity index (χ2n) is 7.28. The zero-order chi connectivity index (χ0) is 21.7.